The van der Waals surface area contributed by atoms with Crippen LogP contribution in [0.15, 0.2) is 51.7 Å². The Labute approximate surface area is 259 Å². The second-order valence-electron chi connectivity index (χ2n) is 12.1. The van der Waals surface area contributed by atoms with Gasteiger partial charge in [-0.05, 0) is 58.3 Å². The molecule has 2 aromatic carbocycles. The molecule has 44 heavy (non-hydrogen) atoms. The normalized spacial score (nSPS) is 17.0. The maximum atomic E-state index is 15.7. The Kier molecular flexibility index (Phi) is 8.60. The molecule has 2 aromatic heterocycles. The van der Waals surface area contributed by atoms with Crippen LogP contribution in [-0.2, 0) is 7.05 Å². The van der Waals surface area contributed by atoms with E-state index in [0.717, 1.165) is 98.8 Å². The summed E-state index contributed by atoms with van der Waals surface area (Å²) in [5, 5.41) is 1.78. The van der Waals surface area contributed by atoms with E-state index >= 15 is 4.39 Å². The lowest BCUT2D eigenvalue weighted by molar-refractivity contribution is -0.646. The Morgan fingerprint density at radius 1 is 0.841 bits per heavy atom. The average molecular weight is 600 g/mol. The zero-order chi connectivity index (χ0) is 31.0. The number of piperazine rings is 2. The fourth-order valence-corrected chi connectivity index (χ4v) is 6.44. The Morgan fingerprint density at radius 3 is 2.11 bits per heavy atom. The summed E-state index contributed by atoms with van der Waals surface area (Å²) in [6.07, 6.45) is 3.81. The molecule has 4 aromatic rings. The quantitative estimate of drug-likeness (QED) is 0.230. The first-order valence-corrected chi connectivity index (χ1v) is 15.8. The predicted octanol–water partition coefficient (Wildman–Crippen LogP) is 4.43. The molecule has 0 saturated carbocycles. The van der Waals surface area contributed by atoms with Gasteiger partial charge in [-0.2, -0.15) is 4.57 Å². The summed E-state index contributed by atoms with van der Waals surface area (Å²) in [6.45, 7) is 13.0. The molecule has 0 aliphatic carbocycles. The molecule has 2 fully saturated rings. The molecule has 0 atom stereocenters. The van der Waals surface area contributed by atoms with Crippen LogP contribution in [0.25, 0.3) is 34.0 Å². The van der Waals surface area contributed by atoms with Crippen LogP contribution in [0.2, 0.25) is 0 Å². The van der Waals surface area contributed by atoms with Crippen molar-refractivity contribution in [2.24, 2.45) is 7.05 Å². The number of aromatic nitrogens is 1. The minimum atomic E-state index is -0.368. The second kappa shape index (κ2) is 12.6. The molecule has 9 heteroatoms. The van der Waals surface area contributed by atoms with Crippen LogP contribution >= 0.6 is 0 Å². The fourth-order valence-electron chi connectivity index (χ4n) is 6.44. The minimum absolute atomic E-state index is 0.182. The monoisotopic (exact) mass is 599 g/mol. The average Bonchev–Trinajstić information content (AvgIpc) is 3.02. The van der Waals surface area contributed by atoms with Crippen LogP contribution in [0, 0.1) is 5.82 Å². The van der Waals surface area contributed by atoms with Crippen molar-refractivity contribution in [3.8, 4) is 0 Å². The van der Waals surface area contributed by atoms with Crippen LogP contribution < -0.4 is 24.9 Å². The number of anilines is 3. The summed E-state index contributed by atoms with van der Waals surface area (Å²) in [6, 6.07) is 13.8. The first kappa shape index (κ1) is 30.1. The van der Waals surface area contributed by atoms with Gasteiger partial charge in [0.2, 0.25) is 11.2 Å². The highest BCUT2D eigenvalue weighted by atomic mass is 19.1. The van der Waals surface area contributed by atoms with Gasteiger partial charge in [0, 0.05) is 101 Å². The van der Waals surface area contributed by atoms with Crippen molar-refractivity contribution in [2.45, 2.75) is 13.8 Å². The minimum Gasteiger partial charge on any atom is -0.422 e. The van der Waals surface area contributed by atoms with Crippen molar-refractivity contribution in [2.75, 3.05) is 94.2 Å². The van der Waals surface area contributed by atoms with Crippen LogP contribution in [0.1, 0.15) is 25.1 Å². The molecular formula is C35H44FN6O2+. The van der Waals surface area contributed by atoms with Crippen molar-refractivity contribution < 1.29 is 13.4 Å². The standard InChI is InChI=1S/C35H44FN6O2/c1-6-40(7-2)28-11-8-25-20-26(35(43)44-34(25)22-28)9-10-27-21-32(41-16-12-37(3)13-17-41)29-23-30(36)33(24-31(29)39(27)5)42-18-14-38(4)15-19-42/h8-11,20-24H,6-7,12-19H2,1-5H3/q+1. The van der Waals surface area contributed by atoms with Gasteiger partial charge < -0.3 is 28.9 Å². The SMILES string of the molecule is CCN(CC)c1ccc2cc(/C=C/c3cc(N4CCN(C)CC4)c4cc(F)c(N5CCN(C)CC5)cc4[n+]3C)c(=O)oc2c1. The van der Waals surface area contributed by atoms with Gasteiger partial charge in [-0.15, -0.1) is 0 Å². The van der Waals surface area contributed by atoms with Gasteiger partial charge in [0.05, 0.1) is 22.3 Å². The molecule has 0 spiro atoms. The molecule has 0 unspecified atom stereocenters. The van der Waals surface area contributed by atoms with Gasteiger partial charge in [-0.3, -0.25) is 0 Å². The van der Waals surface area contributed by atoms with Gasteiger partial charge in [0.1, 0.15) is 18.4 Å². The van der Waals surface area contributed by atoms with E-state index < -0.39 is 0 Å². The van der Waals surface area contributed by atoms with E-state index in [4.69, 9.17) is 4.42 Å². The van der Waals surface area contributed by atoms with E-state index in [1.807, 2.05) is 43.5 Å². The van der Waals surface area contributed by atoms with E-state index in [0.29, 0.717) is 16.8 Å². The van der Waals surface area contributed by atoms with Gasteiger partial charge in [-0.25, -0.2) is 9.18 Å². The zero-order valence-corrected chi connectivity index (χ0v) is 26.6. The molecule has 8 nitrogen and oxygen atoms in total. The summed E-state index contributed by atoms with van der Waals surface area (Å²) in [7, 11) is 6.25. The number of hydrogen-bond donors (Lipinski definition) is 0. The second-order valence-corrected chi connectivity index (χ2v) is 12.1. The third-order valence-electron chi connectivity index (χ3n) is 9.37. The molecule has 0 bridgehead atoms. The zero-order valence-electron chi connectivity index (χ0n) is 26.6. The number of rotatable bonds is 7. The molecule has 6 rings (SSSR count). The van der Waals surface area contributed by atoms with Gasteiger partial charge in [0.25, 0.3) is 0 Å². The van der Waals surface area contributed by atoms with Crippen LogP contribution in [0.4, 0.5) is 21.5 Å². The highest BCUT2D eigenvalue weighted by Crippen LogP contribution is 2.33. The first-order chi connectivity index (χ1) is 21.2. The first-order valence-electron chi connectivity index (χ1n) is 15.8. The maximum absolute atomic E-state index is 15.7. The van der Waals surface area contributed by atoms with Gasteiger partial charge in [0.15, 0.2) is 0 Å². The lowest BCUT2D eigenvalue weighted by Crippen LogP contribution is -2.45. The molecule has 2 aliphatic rings. The Morgan fingerprint density at radius 2 is 1.48 bits per heavy atom. The van der Waals surface area contributed by atoms with Crippen LogP contribution in [-0.4, -0.2) is 89.3 Å². The summed E-state index contributed by atoms with van der Waals surface area (Å²) in [5.41, 5.74) is 5.31. The fraction of sp³-hybridized carbons (Fsp3) is 0.429. The Bertz CT molecular complexity index is 1750. The Balaban J connectivity index is 1.42. The van der Waals surface area contributed by atoms with E-state index in [1.54, 1.807) is 6.07 Å². The number of aryl methyl sites for hydroxylation is 1. The Hall–Kier alpha value is -3.95. The van der Waals surface area contributed by atoms with Crippen molar-refractivity contribution in [1.82, 2.24) is 9.80 Å². The van der Waals surface area contributed by atoms with Crippen LogP contribution in [0.3, 0.4) is 0 Å². The number of halogens is 1. The van der Waals surface area contributed by atoms with Crippen LogP contribution in [0.5, 0.6) is 0 Å². The van der Waals surface area contributed by atoms with Crippen molar-refractivity contribution in [3.05, 3.63) is 70.0 Å². The molecule has 0 radical (unpaired) electrons. The number of pyridine rings is 1. The highest BCUT2D eigenvalue weighted by molar-refractivity contribution is 5.93. The molecular weight excluding hydrogens is 555 g/mol. The largest absolute Gasteiger partial charge is 0.422 e. The molecule has 4 heterocycles. The van der Waals surface area contributed by atoms with E-state index in [9.17, 15) is 4.79 Å². The number of hydrogen-bond acceptors (Lipinski definition) is 7. The molecule has 0 amide bonds. The van der Waals surface area contributed by atoms with Crippen molar-refractivity contribution in [3.63, 3.8) is 0 Å². The van der Waals surface area contributed by atoms with Gasteiger partial charge >= 0.3 is 5.63 Å². The van der Waals surface area contributed by atoms with E-state index in [-0.39, 0.29) is 11.4 Å². The van der Waals surface area contributed by atoms with E-state index in [1.165, 1.54) is 0 Å². The van der Waals surface area contributed by atoms with Crippen molar-refractivity contribution in [1.29, 1.82) is 0 Å². The maximum Gasteiger partial charge on any atom is 0.343 e. The molecule has 2 saturated heterocycles. The number of fused-ring (bicyclic) bond motifs is 2. The summed E-state index contributed by atoms with van der Waals surface area (Å²) in [4.78, 5) is 24.4. The summed E-state index contributed by atoms with van der Waals surface area (Å²) in [5.74, 6) is -0.182. The molecule has 2 aliphatic heterocycles. The van der Waals surface area contributed by atoms with Gasteiger partial charge in [-0.1, -0.05) is 0 Å². The highest BCUT2D eigenvalue weighted by Gasteiger charge is 2.26. The predicted molar refractivity (Wildman–Crippen MR) is 179 cm³/mol. The lowest BCUT2D eigenvalue weighted by atomic mass is 10.1. The van der Waals surface area contributed by atoms with E-state index in [2.05, 4.69) is 69.1 Å². The third-order valence-corrected chi connectivity index (χ3v) is 9.37. The van der Waals surface area contributed by atoms with Crippen molar-refractivity contribution >= 4 is 51.1 Å². The summed E-state index contributed by atoms with van der Waals surface area (Å²) >= 11 is 0. The molecule has 232 valence electrons. The smallest absolute Gasteiger partial charge is 0.343 e. The summed E-state index contributed by atoms with van der Waals surface area (Å²) < 4.78 is 23.6. The third kappa shape index (κ3) is 5.90. The number of nitrogens with zero attached hydrogens (tertiary/aromatic N) is 6. The topological polar surface area (TPSA) is 50.3 Å². The lowest BCUT2D eigenvalue weighted by Gasteiger charge is -2.35. The number of benzene rings is 2. The molecule has 0 N–H and O–H groups in total. The number of likely N-dealkylation sites (N-methyl/N-ethyl adjacent to an activating group) is 2.